The average Bonchev–Trinajstić information content (AvgIpc) is 2.48. The molecule has 2 rings (SSSR count). The van der Waals surface area contributed by atoms with E-state index in [1.165, 1.54) is 12.1 Å². The van der Waals surface area contributed by atoms with Gasteiger partial charge in [-0.2, -0.15) is 18.4 Å². The minimum atomic E-state index is -4.60. The van der Waals surface area contributed by atoms with Gasteiger partial charge in [0, 0.05) is 11.8 Å². The molecule has 1 N–H and O–H groups in total. The van der Waals surface area contributed by atoms with Gasteiger partial charge in [-0.3, -0.25) is 0 Å². The summed E-state index contributed by atoms with van der Waals surface area (Å²) in [6, 6.07) is 8.82. The van der Waals surface area contributed by atoms with Gasteiger partial charge in [0.25, 0.3) is 0 Å². The highest BCUT2D eigenvalue weighted by Crippen LogP contribution is 2.30. The van der Waals surface area contributed by atoms with Gasteiger partial charge in [0.05, 0.1) is 11.6 Å². The van der Waals surface area contributed by atoms with Crippen molar-refractivity contribution in [2.24, 2.45) is 0 Å². The Balaban J connectivity index is 0.00000116. The van der Waals surface area contributed by atoms with Crippen LogP contribution < -0.4 is 5.32 Å². The zero-order valence-electron chi connectivity index (χ0n) is 11.7. The fourth-order valence-electron chi connectivity index (χ4n) is 1.40. The molecule has 1 aromatic carbocycles. The number of halogens is 4. The van der Waals surface area contributed by atoms with E-state index in [2.05, 4.69) is 15.3 Å². The second-order valence-corrected chi connectivity index (χ2v) is 4.06. The Morgan fingerprint density at radius 2 is 1.73 bits per heavy atom. The Labute approximate surface area is 130 Å². The third-order valence-electron chi connectivity index (χ3n) is 2.28. The molecule has 0 amide bonds. The van der Waals surface area contributed by atoms with Crippen LogP contribution in [0.4, 0.5) is 24.7 Å². The van der Waals surface area contributed by atoms with E-state index in [0.717, 1.165) is 6.07 Å². The maximum Gasteiger partial charge on any atom is 0.433 e. The first-order valence-corrected chi connectivity index (χ1v) is 6.65. The van der Waals surface area contributed by atoms with Crippen molar-refractivity contribution in [3.05, 3.63) is 46.9 Å². The molecule has 1 aromatic heterocycles. The predicted octanol–water partition coefficient (Wildman–Crippen LogP) is 4.79. The van der Waals surface area contributed by atoms with Crippen molar-refractivity contribution >= 4 is 23.1 Å². The minimum absolute atomic E-state index is 0.0815. The summed E-state index contributed by atoms with van der Waals surface area (Å²) in [5.74, 6) is -0.0815. The van der Waals surface area contributed by atoms with Gasteiger partial charge < -0.3 is 5.32 Å². The van der Waals surface area contributed by atoms with Crippen LogP contribution in [-0.4, -0.2) is 9.97 Å². The first-order valence-electron chi connectivity index (χ1n) is 6.27. The predicted molar refractivity (Wildman–Crippen MR) is 77.8 cm³/mol. The summed E-state index contributed by atoms with van der Waals surface area (Å²) in [4.78, 5) is 6.78. The van der Waals surface area contributed by atoms with Crippen molar-refractivity contribution < 1.29 is 13.2 Å². The highest BCUT2D eigenvalue weighted by atomic mass is 35.5. The SMILES string of the molecule is CC.N#Cc1ccc(Nc2cc(C(F)(F)F)nc(Cl)n2)cc1. The molecule has 0 bridgehead atoms. The van der Waals surface area contributed by atoms with Crippen LogP contribution in [0.25, 0.3) is 0 Å². The van der Waals surface area contributed by atoms with Crippen molar-refractivity contribution in [3.8, 4) is 6.07 Å². The number of nitrogens with zero attached hydrogens (tertiary/aromatic N) is 3. The Morgan fingerprint density at radius 3 is 2.23 bits per heavy atom. The molecule has 8 heteroatoms. The molecule has 0 radical (unpaired) electrons. The van der Waals surface area contributed by atoms with E-state index in [1.807, 2.05) is 19.9 Å². The maximum atomic E-state index is 12.6. The second-order valence-electron chi connectivity index (χ2n) is 3.72. The molecular weight excluding hydrogens is 317 g/mol. The number of hydrogen-bond donors (Lipinski definition) is 1. The summed E-state index contributed by atoms with van der Waals surface area (Å²) in [5.41, 5.74) is -0.215. The third-order valence-corrected chi connectivity index (χ3v) is 2.44. The molecule has 0 saturated heterocycles. The minimum Gasteiger partial charge on any atom is -0.340 e. The van der Waals surface area contributed by atoms with Gasteiger partial charge in [-0.25, -0.2) is 9.97 Å². The fraction of sp³-hybridized carbons (Fsp3) is 0.214. The Bertz CT molecular complexity index is 663. The highest BCUT2D eigenvalue weighted by molar-refractivity contribution is 6.28. The van der Waals surface area contributed by atoms with Crippen LogP contribution in [0.2, 0.25) is 5.28 Å². The molecule has 1 heterocycles. The third kappa shape index (κ3) is 4.90. The zero-order chi connectivity index (χ0) is 16.8. The summed E-state index contributed by atoms with van der Waals surface area (Å²) < 4.78 is 37.7. The molecule has 4 nitrogen and oxygen atoms in total. The molecule has 116 valence electrons. The lowest BCUT2D eigenvalue weighted by Gasteiger charge is -2.09. The number of hydrogen-bond acceptors (Lipinski definition) is 4. The van der Waals surface area contributed by atoms with E-state index < -0.39 is 17.2 Å². The first kappa shape index (κ1) is 17.7. The monoisotopic (exact) mass is 328 g/mol. The normalized spacial score (nSPS) is 10.2. The lowest BCUT2D eigenvalue weighted by atomic mass is 10.2. The molecule has 0 aliphatic carbocycles. The van der Waals surface area contributed by atoms with Gasteiger partial charge in [-0.05, 0) is 35.9 Å². The van der Waals surface area contributed by atoms with E-state index >= 15 is 0 Å². The number of nitriles is 1. The second kappa shape index (κ2) is 7.61. The van der Waals surface area contributed by atoms with Gasteiger partial charge >= 0.3 is 6.18 Å². The Hall–Kier alpha value is -2.33. The Morgan fingerprint density at radius 1 is 1.14 bits per heavy atom. The maximum absolute atomic E-state index is 12.6. The summed E-state index contributed by atoms with van der Waals surface area (Å²) in [5, 5.41) is 10.8. The number of alkyl halides is 3. The van der Waals surface area contributed by atoms with Gasteiger partial charge in [-0.1, -0.05) is 13.8 Å². The van der Waals surface area contributed by atoms with Crippen LogP contribution in [0.3, 0.4) is 0 Å². The smallest absolute Gasteiger partial charge is 0.340 e. The van der Waals surface area contributed by atoms with Crippen molar-refractivity contribution in [1.82, 2.24) is 9.97 Å². The van der Waals surface area contributed by atoms with Crippen LogP contribution in [0.1, 0.15) is 25.1 Å². The number of benzene rings is 1. The molecule has 0 spiro atoms. The molecule has 2 aromatic rings. The number of rotatable bonds is 2. The number of anilines is 2. The fourth-order valence-corrected chi connectivity index (χ4v) is 1.59. The standard InChI is InChI=1S/C12H6ClF3N4.C2H6/c13-11-19-9(12(14,15)16)5-10(20-11)18-8-3-1-7(6-17)2-4-8;1-2/h1-5H,(H,18,19,20);1-2H3. The number of nitrogens with one attached hydrogen (secondary N) is 1. The molecule has 0 aliphatic rings. The lowest BCUT2D eigenvalue weighted by Crippen LogP contribution is -2.10. The lowest BCUT2D eigenvalue weighted by molar-refractivity contribution is -0.141. The van der Waals surface area contributed by atoms with E-state index in [-0.39, 0.29) is 5.82 Å². The summed E-state index contributed by atoms with van der Waals surface area (Å²) in [6.07, 6.45) is -4.60. The molecule has 0 aliphatic heterocycles. The molecule has 0 unspecified atom stereocenters. The van der Waals surface area contributed by atoms with E-state index in [9.17, 15) is 13.2 Å². The molecule has 0 saturated carbocycles. The summed E-state index contributed by atoms with van der Waals surface area (Å²) >= 11 is 5.46. The van der Waals surface area contributed by atoms with E-state index in [0.29, 0.717) is 11.3 Å². The molecular formula is C14H12ClF3N4. The Kier molecular flexibility index (Phi) is 6.13. The zero-order valence-corrected chi connectivity index (χ0v) is 12.5. The number of aromatic nitrogens is 2. The molecule has 0 fully saturated rings. The highest BCUT2D eigenvalue weighted by Gasteiger charge is 2.33. The van der Waals surface area contributed by atoms with Gasteiger partial charge in [0.1, 0.15) is 5.82 Å². The van der Waals surface area contributed by atoms with Crippen LogP contribution in [-0.2, 0) is 6.18 Å². The topological polar surface area (TPSA) is 61.6 Å². The average molecular weight is 329 g/mol. The largest absolute Gasteiger partial charge is 0.433 e. The van der Waals surface area contributed by atoms with Crippen LogP contribution >= 0.6 is 11.6 Å². The van der Waals surface area contributed by atoms with Gasteiger partial charge in [0.2, 0.25) is 5.28 Å². The van der Waals surface area contributed by atoms with Crippen molar-refractivity contribution in [2.45, 2.75) is 20.0 Å². The van der Waals surface area contributed by atoms with Crippen LogP contribution in [0.15, 0.2) is 30.3 Å². The first-order chi connectivity index (χ1) is 10.4. The van der Waals surface area contributed by atoms with Crippen LogP contribution in [0.5, 0.6) is 0 Å². The van der Waals surface area contributed by atoms with Crippen molar-refractivity contribution in [3.63, 3.8) is 0 Å². The summed E-state index contributed by atoms with van der Waals surface area (Å²) in [7, 11) is 0. The van der Waals surface area contributed by atoms with Gasteiger partial charge in [-0.15, -0.1) is 0 Å². The molecule has 22 heavy (non-hydrogen) atoms. The summed E-state index contributed by atoms with van der Waals surface area (Å²) in [6.45, 7) is 4.00. The van der Waals surface area contributed by atoms with E-state index in [4.69, 9.17) is 16.9 Å². The van der Waals surface area contributed by atoms with Gasteiger partial charge in [0.15, 0.2) is 5.69 Å². The van der Waals surface area contributed by atoms with Crippen molar-refractivity contribution in [1.29, 1.82) is 5.26 Å². The molecule has 0 atom stereocenters. The van der Waals surface area contributed by atoms with E-state index in [1.54, 1.807) is 12.1 Å². The van der Waals surface area contributed by atoms with Crippen molar-refractivity contribution in [2.75, 3.05) is 5.32 Å². The quantitative estimate of drug-likeness (QED) is 0.805. The van der Waals surface area contributed by atoms with Crippen LogP contribution in [0, 0.1) is 11.3 Å².